The third-order valence-corrected chi connectivity index (χ3v) is 5.67. The van der Waals surface area contributed by atoms with Crippen LogP contribution in [-0.4, -0.2) is 37.8 Å². The van der Waals surface area contributed by atoms with Gasteiger partial charge in [0.1, 0.15) is 0 Å². The number of fused-ring (bicyclic) bond motifs is 1. The average Bonchev–Trinajstić information content (AvgIpc) is 2.83. The van der Waals surface area contributed by atoms with Gasteiger partial charge < -0.3 is 10.6 Å². The van der Waals surface area contributed by atoms with Crippen molar-refractivity contribution >= 4 is 0 Å². The highest BCUT2D eigenvalue weighted by molar-refractivity contribution is 5.21. The molecule has 1 aliphatic carbocycles. The molecule has 0 spiro atoms. The number of hydrazine groups is 1. The minimum Gasteiger partial charge on any atom is -0.314 e. The van der Waals surface area contributed by atoms with E-state index in [-0.39, 0.29) is 0 Å². The molecule has 106 valence electrons. The summed E-state index contributed by atoms with van der Waals surface area (Å²) in [6.45, 7) is 3.45. The van der Waals surface area contributed by atoms with Crippen molar-refractivity contribution in [1.29, 1.82) is 0 Å². The molecule has 3 fully saturated rings. The van der Waals surface area contributed by atoms with Crippen molar-refractivity contribution in [1.82, 2.24) is 21.5 Å². The van der Waals surface area contributed by atoms with E-state index < -0.39 is 0 Å². The Kier molecular flexibility index (Phi) is 3.35. The lowest BCUT2D eigenvalue weighted by Crippen LogP contribution is -2.56. The van der Waals surface area contributed by atoms with E-state index in [9.17, 15) is 0 Å². The van der Waals surface area contributed by atoms with E-state index in [0.717, 1.165) is 31.0 Å². The molecule has 0 aromatic heterocycles. The Hall–Kier alpha value is -0.420. The van der Waals surface area contributed by atoms with Gasteiger partial charge in [-0.05, 0) is 56.2 Å². The smallest absolute Gasteiger partial charge is 0.0478 e. The van der Waals surface area contributed by atoms with Crippen LogP contribution in [0.2, 0.25) is 0 Å². The van der Waals surface area contributed by atoms with Crippen LogP contribution < -0.4 is 21.5 Å². The van der Waals surface area contributed by atoms with Crippen molar-refractivity contribution < 1.29 is 0 Å². The number of hydrogen-bond donors (Lipinski definition) is 4. The minimum absolute atomic E-state index is 0.570. The van der Waals surface area contributed by atoms with Crippen molar-refractivity contribution in [2.45, 2.75) is 50.2 Å². The van der Waals surface area contributed by atoms with Crippen molar-refractivity contribution in [3.63, 3.8) is 0 Å². The Bertz CT molecular complexity index is 363. The fourth-order valence-electron chi connectivity index (χ4n) is 4.54. The molecule has 4 rings (SSSR count). The monoisotopic (exact) mass is 262 g/mol. The second kappa shape index (κ2) is 5.17. The van der Waals surface area contributed by atoms with E-state index in [4.69, 9.17) is 0 Å². The molecule has 4 N–H and O–H groups in total. The van der Waals surface area contributed by atoms with E-state index >= 15 is 0 Å². The summed E-state index contributed by atoms with van der Waals surface area (Å²) in [5.74, 6) is 1.63. The van der Waals surface area contributed by atoms with Gasteiger partial charge in [0, 0.05) is 24.7 Å². The Morgan fingerprint density at radius 2 is 1.89 bits per heavy atom. The van der Waals surface area contributed by atoms with Crippen LogP contribution in [0.4, 0.5) is 0 Å². The summed E-state index contributed by atoms with van der Waals surface area (Å²) in [4.78, 5) is 0. The molecule has 5 atom stereocenters. The maximum atomic E-state index is 3.65. The normalized spacial score (nSPS) is 46.3. The summed E-state index contributed by atoms with van der Waals surface area (Å²) in [5, 5.41) is 7.14. The molecule has 19 heavy (non-hydrogen) atoms. The third-order valence-electron chi connectivity index (χ3n) is 5.67. The van der Waals surface area contributed by atoms with Gasteiger partial charge in [-0.2, -0.15) is 0 Å². The standard InChI is InChI=1S/C15H26N4/c1-4-11(13-6-8-17-13)15-12(5-1)14(18-19-15)10-3-2-7-16-9-10/h3,11-19H,1-2,4-9H2/t11?,12?,13-,14?,15?/m1/s1. The molecule has 4 aliphatic rings. The van der Waals surface area contributed by atoms with Gasteiger partial charge in [-0.1, -0.05) is 12.5 Å². The molecule has 0 aromatic carbocycles. The summed E-state index contributed by atoms with van der Waals surface area (Å²) < 4.78 is 0. The first-order chi connectivity index (χ1) is 9.43. The van der Waals surface area contributed by atoms with E-state index in [1.807, 2.05) is 0 Å². The first kappa shape index (κ1) is 12.3. The Labute approximate surface area is 115 Å². The van der Waals surface area contributed by atoms with Gasteiger partial charge in [-0.25, -0.2) is 5.43 Å². The van der Waals surface area contributed by atoms with Gasteiger partial charge in [0.05, 0.1) is 0 Å². The van der Waals surface area contributed by atoms with Crippen molar-refractivity contribution in [3.05, 3.63) is 11.6 Å². The summed E-state index contributed by atoms with van der Waals surface area (Å²) in [5.41, 5.74) is 8.85. The van der Waals surface area contributed by atoms with Crippen LogP contribution in [0.25, 0.3) is 0 Å². The van der Waals surface area contributed by atoms with Gasteiger partial charge >= 0.3 is 0 Å². The predicted octanol–water partition coefficient (Wildman–Crippen LogP) is 0.529. The molecule has 1 saturated carbocycles. The number of rotatable bonds is 2. The zero-order valence-corrected chi connectivity index (χ0v) is 11.6. The summed E-state index contributed by atoms with van der Waals surface area (Å²) >= 11 is 0. The van der Waals surface area contributed by atoms with Crippen LogP contribution in [0.5, 0.6) is 0 Å². The Morgan fingerprint density at radius 1 is 1.00 bits per heavy atom. The lowest BCUT2D eigenvalue weighted by molar-refractivity contribution is 0.140. The Balaban J connectivity index is 1.50. The fraction of sp³-hybridized carbons (Fsp3) is 0.867. The summed E-state index contributed by atoms with van der Waals surface area (Å²) in [6, 6.07) is 2.03. The van der Waals surface area contributed by atoms with Gasteiger partial charge in [0.25, 0.3) is 0 Å². The van der Waals surface area contributed by atoms with Crippen molar-refractivity contribution in [2.75, 3.05) is 19.6 Å². The van der Waals surface area contributed by atoms with Gasteiger partial charge in [-0.3, -0.25) is 5.43 Å². The van der Waals surface area contributed by atoms with Gasteiger partial charge in [-0.15, -0.1) is 0 Å². The zero-order valence-electron chi connectivity index (χ0n) is 11.6. The molecule has 0 radical (unpaired) electrons. The predicted molar refractivity (Wildman–Crippen MR) is 76.7 cm³/mol. The number of hydrogen-bond acceptors (Lipinski definition) is 4. The van der Waals surface area contributed by atoms with E-state index in [2.05, 4.69) is 27.6 Å². The summed E-state index contributed by atoms with van der Waals surface area (Å²) in [7, 11) is 0. The third kappa shape index (κ3) is 2.15. The second-order valence-electron chi connectivity index (χ2n) is 6.64. The minimum atomic E-state index is 0.570. The van der Waals surface area contributed by atoms with E-state index in [1.165, 1.54) is 38.6 Å². The van der Waals surface area contributed by atoms with Crippen molar-refractivity contribution in [2.24, 2.45) is 11.8 Å². The first-order valence-electron chi connectivity index (χ1n) is 8.07. The quantitative estimate of drug-likeness (QED) is 0.548. The molecule has 4 heteroatoms. The SMILES string of the molecule is C1=C(C2NNC3C2CCCC3[C@H]2CCN2)CNCC1. The lowest BCUT2D eigenvalue weighted by Gasteiger charge is -2.43. The molecule has 4 unspecified atom stereocenters. The van der Waals surface area contributed by atoms with Crippen LogP contribution >= 0.6 is 0 Å². The second-order valence-corrected chi connectivity index (χ2v) is 6.64. The highest BCUT2D eigenvalue weighted by Gasteiger charge is 2.46. The largest absolute Gasteiger partial charge is 0.314 e. The molecule has 3 aliphatic heterocycles. The maximum Gasteiger partial charge on any atom is 0.0478 e. The van der Waals surface area contributed by atoms with Crippen LogP contribution in [-0.2, 0) is 0 Å². The molecule has 0 amide bonds. The van der Waals surface area contributed by atoms with Crippen LogP contribution in [0.15, 0.2) is 11.6 Å². The van der Waals surface area contributed by atoms with Crippen LogP contribution in [0.1, 0.15) is 32.1 Å². The van der Waals surface area contributed by atoms with E-state index in [1.54, 1.807) is 5.57 Å². The Morgan fingerprint density at radius 3 is 2.63 bits per heavy atom. The van der Waals surface area contributed by atoms with Gasteiger partial charge in [0.15, 0.2) is 0 Å². The molecular weight excluding hydrogens is 236 g/mol. The maximum absolute atomic E-state index is 3.65. The molecule has 3 heterocycles. The van der Waals surface area contributed by atoms with Crippen LogP contribution in [0, 0.1) is 11.8 Å². The highest BCUT2D eigenvalue weighted by Crippen LogP contribution is 2.39. The van der Waals surface area contributed by atoms with Crippen molar-refractivity contribution in [3.8, 4) is 0 Å². The molecule has 0 bridgehead atoms. The number of nitrogens with one attached hydrogen (secondary N) is 4. The summed E-state index contributed by atoms with van der Waals surface area (Å²) in [6.07, 6.45) is 9.23. The van der Waals surface area contributed by atoms with Gasteiger partial charge in [0.2, 0.25) is 0 Å². The van der Waals surface area contributed by atoms with E-state index in [0.29, 0.717) is 12.1 Å². The molecule has 0 aromatic rings. The molecular formula is C15H26N4. The molecule has 4 nitrogen and oxygen atoms in total. The fourth-order valence-corrected chi connectivity index (χ4v) is 4.54. The zero-order chi connectivity index (χ0) is 12.7. The van der Waals surface area contributed by atoms with Crippen LogP contribution in [0.3, 0.4) is 0 Å². The topological polar surface area (TPSA) is 48.1 Å². The average molecular weight is 262 g/mol. The highest BCUT2D eigenvalue weighted by atomic mass is 15.4. The lowest BCUT2D eigenvalue weighted by atomic mass is 9.69. The first-order valence-corrected chi connectivity index (χ1v) is 8.07. The molecule has 2 saturated heterocycles.